The number of carbonyl (C=O) groups excluding carboxylic acids is 3. The van der Waals surface area contributed by atoms with Gasteiger partial charge in [0.15, 0.2) is 5.69 Å². The second-order valence-electron chi connectivity index (χ2n) is 11.1. The molecule has 0 spiro atoms. The van der Waals surface area contributed by atoms with Gasteiger partial charge in [0, 0.05) is 24.0 Å². The van der Waals surface area contributed by atoms with Gasteiger partial charge in [-0.1, -0.05) is 41.6 Å². The molecule has 4 amide bonds. The molecule has 4 aromatic rings. The fraction of sp³-hybridized carbons (Fsp3) is 0.265. The van der Waals surface area contributed by atoms with E-state index in [9.17, 15) is 24.3 Å². The minimum absolute atomic E-state index is 0.0635. The number of rotatable bonds is 10. The zero-order valence-electron chi connectivity index (χ0n) is 25.8. The SMILES string of the molecule is COc1cc(CC(=O)N2CCCc3cc([C@@H](CC(=O)O)NC(=O)c4cc(C)on4)ccc32)ccc1NC(=O)Nc1ccccc1C. The summed E-state index contributed by atoms with van der Waals surface area (Å²) < 4.78 is 10.5. The molecule has 0 radical (unpaired) electrons. The topological polar surface area (TPSA) is 163 Å². The van der Waals surface area contributed by atoms with Gasteiger partial charge in [0.2, 0.25) is 5.91 Å². The summed E-state index contributed by atoms with van der Waals surface area (Å²) in [5, 5.41) is 21.6. The van der Waals surface area contributed by atoms with Gasteiger partial charge < -0.3 is 35.2 Å². The van der Waals surface area contributed by atoms with Crippen LogP contribution in [-0.4, -0.2) is 47.7 Å². The van der Waals surface area contributed by atoms with Crippen molar-refractivity contribution in [3.8, 4) is 5.75 Å². The Balaban J connectivity index is 1.28. The van der Waals surface area contributed by atoms with E-state index in [1.54, 1.807) is 42.2 Å². The number of anilines is 3. The van der Waals surface area contributed by atoms with Crippen molar-refractivity contribution in [1.82, 2.24) is 10.5 Å². The quantitative estimate of drug-likeness (QED) is 0.182. The van der Waals surface area contributed by atoms with Gasteiger partial charge in [-0.05, 0) is 73.2 Å². The number of carboxylic acid groups (broad SMARTS) is 1. The predicted molar refractivity (Wildman–Crippen MR) is 171 cm³/mol. The summed E-state index contributed by atoms with van der Waals surface area (Å²) in [5.74, 6) is -0.849. The number of para-hydroxylation sites is 1. The first kappa shape index (κ1) is 31.8. The first-order chi connectivity index (χ1) is 22.1. The number of amides is 4. The monoisotopic (exact) mass is 625 g/mol. The molecule has 1 atom stereocenters. The molecule has 1 aromatic heterocycles. The van der Waals surface area contributed by atoms with Crippen LogP contribution < -0.4 is 25.6 Å². The second-order valence-corrected chi connectivity index (χ2v) is 11.1. The molecule has 0 aliphatic carbocycles. The minimum atomic E-state index is -1.07. The summed E-state index contributed by atoms with van der Waals surface area (Å²) in [6, 6.07) is 18.3. The number of hydrogen-bond acceptors (Lipinski definition) is 7. The van der Waals surface area contributed by atoms with Crippen molar-refractivity contribution in [2.75, 3.05) is 29.2 Å². The number of nitrogens with one attached hydrogen (secondary N) is 3. The molecule has 238 valence electrons. The number of nitrogens with zero attached hydrogens (tertiary/aromatic N) is 2. The first-order valence-electron chi connectivity index (χ1n) is 14.8. The smallest absolute Gasteiger partial charge is 0.323 e. The lowest BCUT2D eigenvalue weighted by Gasteiger charge is -2.31. The number of benzene rings is 3. The fourth-order valence-corrected chi connectivity index (χ4v) is 5.43. The molecule has 0 fully saturated rings. The Bertz CT molecular complexity index is 1780. The third-order valence-corrected chi connectivity index (χ3v) is 7.73. The summed E-state index contributed by atoms with van der Waals surface area (Å²) in [6.45, 7) is 4.09. The maximum absolute atomic E-state index is 13.6. The predicted octanol–water partition coefficient (Wildman–Crippen LogP) is 5.41. The number of carbonyl (C=O) groups is 4. The summed E-state index contributed by atoms with van der Waals surface area (Å²) >= 11 is 0. The molecular weight excluding hydrogens is 590 g/mol. The highest BCUT2D eigenvalue weighted by Gasteiger charge is 2.26. The van der Waals surface area contributed by atoms with E-state index >= 15 is 0 Å². The lowest BCUT2D eigenvalue weighted by Crippen LogP contribution is -2.37. The van der Waals surface area contributed by atoms with Crippen LogP contribution in [0, 0.1) is 13.8 Å². The number of urea groups is 1. The van der Waals surface area contributed by atoms with Gasteiger partial charge in [-0.15, -0.1) is 0 Å². The molecule has 0 saturated heterocycles. The second kappa shape index (κ2) is 14.0. The van der Waals surface area contributed by atoms with Crippen LogP contribution in [0.4, 0.5) is 21.9 Å². The van der Waals surface area contributed by atoms with Crippen LogP contribution in [0.25, 0.3) is 0 Å². The Labute approximate surface area is 265 Å². The minimum Gasteiger partial charge on any atom is -0.495 e. The van der Waals surface area contributed by atoms with Crippen molar-refractivity contribution in [3.05, 3.63) is 100 Å². The van der Waals surface area contributed by atoms with E-state index in [1.165, 1.54) is 13.2 Å². The summed E-state index contributed by atoms with van der Waals surface area (Å²) in [6.07, 6.45) is 1.19. The average molecular weight is 626 g/mol. The molecular formula is C34H35N5O7. The molecule has 3 aromatic carbocycles. The number of aromatic nitrogens is 1. The van der Waals surface area contributed by atoms with Gasteiger partial charge in [-0.2, -0.15) is 0 Å². The zero-order chi connectivity index (χ0) is 32.8. The Hall–Kier alpha value is -5.65. The van der Waals surface area contributed by atoms with Gasteiger partial charge in [-0.3, -0.25) is 14.4 Å². The lowest BCUT2D eigenvalue weighted by atomic mass is 9.94. The van der Waals surface area contributed by atoms with Crippen molar-refractivity contribution in [3.63, 3.8) is 0 Å². The Morgan fingerprint density at radius 1 is 1.00 bits per heavy atom. The molecule has 2 heterocycles. The average Bonchev–Trinajstić information content (AvgIpc) is 3.48. The Morgan fingerprint density at radius 3 is 2.50 bits per heavy atom. The van der Waals surface area contributed by atoms with E-state index in [-0.39, 0.29) is 24.4 Å². The van der Waals surface area contributed by atoms with Crippen molar-refractivity contribution in [2.45, 2.75) is 45.6 Å². The molecule has 1 aliphatic heterocycles. The molecule has 0 unspecified atom stereocenters. The zero-order valence-corrected chi connectivity index (χ0v) is 25.8. The fourth-order valence-electron chi connectivity index (χ4n) is 5.43. The summed E-state index contributed by atoms with van der Waals surface area (Å²) in [4.78, 5) is 52.3. The number of aryl methyl sites for hydroxylation is 3. The molecule has 1 aliphatic rings. The van der Waals surface area contributed by atoms with Crippen LogP contribution >= 0.6 is 0 Å². The molecule has 12 nitrogen and oxygen atoms in total. The number of aliphatic carboxylic acids is 1. The van der Waals surface area contributed by atoms with Crippen LogP contribution in [-0.2, 0) is 22.4 Å². The van der Waals surface area contributed by atoms with Gasteiger partial charge >= 0.3 is 12.0 Å². The maximum atomic E-state index is 13.6. The molecule has 0 saturated carbocycles. The summed E-state index contributed by atoms with van der Waals surface area (Å²) in [5.41, 5.74) is 5.10. The van der Waals surface area contributed by atoms with Crippen LogP contribution in [0.1, 0.15) is 57.4 Å². The molecule has 12 heteroatoms. The summed E-state index contributed by atoms with van der Waals surface area (Å²) in [7, 11) is 1.50. The molecule has 46 heavy (non-hydrogen) atoms. The van der Waals surface area contributed by atoms with Gasteiger partial charge in [-0.25, -0.2) is 4.79 Å². The highest BCUT2D eigenvalue weighted by atomic mass is 16.5. The van der Waals surface area contributed by atoms with Gasteiger partial charge in [0.1, 0.15) is 11.5 Å². The van der Waals surface area contributed by atoms with Crippen LogP contribution in [0.5, 0.6) is 5.75 Å². The van der Waals surface area contributed by atoms with Crippen LogP contribution in [0.3, 0.4) is 0 Å². The van der Waals surface area contributed by atoms with Crippen molar-refractivity contribution in [2.24, 2.45) is 0 Å². The standard InChI is InChI=1S/C34H35N5O7/c1-20-7-4-5-9-25(20)36-34(44)37-26-12-10-22(16-30(26)45-3)17-31(40)39-14-6-8-24-18-23(11-13-29(24)39)27(19-32(41)42)35-33(43)28-15-21(2)46-38-28/h4-5,7,9-13,15-16,18,27H,6,8,14,17,19H2,1-3H3,(H,35,43)(H,41,42)(H2,36,37,44)/t27-/m1/s1. The highest BCUT2D eigenvalue weighted by Crippen LogP contribution is 2.32. The van der Waals surface area contributed by atoms with Gasteiger partial charge in [0.05, 0.1) is 31.7 Å². The number of ether oxygens (including phenoxy) is 1. The normalized spacial score (nSPS) is 12.9. The molecule has 0 bridgehead atoms. The molecule has 5 rings (SSSR count). The first-order valence-corrected chi connectivity index (χ1v) is 14.8. The molecule has 4 N–H and O–H groups in total. The number of carboxylic acids is 1. The van der Waals surface area contributed by atoms with Crippen molar-refractivity contribution < 1.29 is 33.5 Å². The van der Waals surface area contributed by atoms with Crippen LogP contribution in [0.2, 0.25) is 0 Å². The van der Waals surface area contributed by atoms with E-state index in [2.05, 4.69) is 21.1 Å². The van der Waals surface area contributed by atoms with Crippen LogP contribution in [0.15, 0.2) is 71.3 Å². The van der Waals surface area contributed by atoms with E-state index in [0.29, 0.717) is 47.0 Å². The highest BCUT2D eigenvalue weighted by molar-refractivity contribution is 6.01. The van der Waals surface area contributed by atoms with Crippen molar-refractivity contribution in [1.29, 1.82) is 0 Å². The van der Waals surface area contributed by atoms with E-state index < -0.39 is 23.9 Å². The number of fused-ring (bicyclic) bond motifs is 1. The largest absolute Gasteiger partial charge is 0.495 e. The Morgan fingerprint density at radius 2 is 1.78 bits per heavy atom. The lowest BCUT2D eigenvalue weighted by molar-refractivity contribution is -0.137. The number of hydrogen-bond donors (Lipinski definition) is 4. The van der Waals surface area contributed by atoms with E-state index in [1.807, 2.05) is 37.3 Å². The third kappa shape index (κ3) is 7.52. The van der Waals surface area contributed by atoms with Gasteiger partial charge in [0.25, 0.3) is 5.91 Å². The number of methoxy groups -OCH3 is 1. The third-order valence-electron chi connectivity index (χ3n) is 7.73. The van der Waals surface area contributed by atoms with E-state index in [4.69, 9.17) is 9.26 Å². The maximum Gasteiger partial charge on any atom is 0.323 e. The van der Waals surface area contributed by atoms with Crippen molar-refractivity contribution >= 4 is 40.9 Å². The Kier molecular flexibility index (Phi) is 9.65. The van der Waals surface area contributed by atoms with E-state index in [0.717, 1.165) is 23.2 Å².